The second kappa shape index (κ2) is 20.6. The number of carbonyl (C=O) groups is 3. The summed E-state index contributed by atoms with van der Waals surface area (Å²) >= 11 is 6.00. The summed E-state index contributed by atoms with van der Waals surface area (Å²) in [7, 11) is -7.68. The van der Waals surface area contributed by atoms with Crippen LogP contribution in [0.1, 0.15) is 78.5 Å². The van der Waals surface area contributed by atoms with Gasteiger partial charge in [0.05, 0.1) is 44.0 Å². The molecule has 4 N–H and O–H groups in total. The van der Waals surface area contributed by atoms with E-state index in [2.05, 4.69) is 14.8 Å². The van der Waals surface area contributed by atoms with Gasteiger partial charge in [0.2, 0.25) is 10.0 Å². The van der Waals surface area contributed by atoms with E-state index in [1.807, 2.05) is 18.6 Å². The molecule has 54 heavy (non-hydrogen) atoms. The Morgan fingerprint density at radius 2 is 1.43 bits per heavy atom. The maximum Gasteiger partial charge on any atom is 0.402 e. The topological polar surface area (TPSA) is 168 Å². The number of benzene rings is 3. The van der Waals surface area contributed by atoms with E-state index in [1.165, 1.54) is 24.3 Å². The molecular weight excluding hydrogens is 803 g/mol. The molecule has 20 heteroatoms. The summed E-state index contributed by atoms with van der Waals surface area (Å²) in [5.41, 5.74) is -1.34. The van der Waals surface area contributed by atoms with Crippen molar-refractivity contribution in [2.45, 2.75) is 74.4 Å². The fraction of sp³-hybridized carbons (Fsp3) is 0.382. The molecule has 0 aliphatic heterocycles. The third-order valence-corrected chi connectivity index (χ3v) is 10.9. The molecule has 1 saturated carbocycles. The van der Waals surface area contributed by atoms with Gasteiger partial charge in [0.15, 0.2) is 17.9 Å². The van der Waals surface area contributed by atoms with E-state index in [-0.39, 0.29) is 55.7 Å². The van der Waals surface area contributed by atoms with Crippen LogP contribution in [0.15, 0.2) is 69.3 Å². The van der Waals surface area contributed by atoms with Crippen LogP contribution >= 0.6 is 11.6 Å². The quantitative estimate of drug-likeness (QED) is 0.0473. The number of hydrogen-bond donors (Lipinski definition) is 4. The average Bonchev–Trinajstić information content (AvgIpc) is 3.92. The second-order valence-corrected chi connectivity index (χ2v) is 16.9. The summed E-state index contributed by atoms with van der Waals surface area (Å²) in [5.74, 6) is -2.45. The van der Waals surface area contributed by atoms with Crippen LogP contribution in [0.5, 0.6) is 0 Å². The maximum atomic E-state index is 14.1. The van der Waals surface area contributed by atoms with Crippen molar-refractivity contribution in [1.82, 2.24) is 19.5 Å². The molecule has 11 nitrogen and oxygen atoms in total. The number of nitrogens with one attached hydrogen (secondary N) is 4. The molecule has 0 bridgehead atoms. The molecule has 1 aliphatic carbocycles. The minimum atomic E-state index is -4.56. The Hall–Kier alpha value is -3.30. The van der Waals surface area contributed by atoms with E-state index in [1.54, 1.807) is 20.8 Å². The summed E-state index contributed by atoms with van der Waals surface area (Å²) in [6.07, 6.45) is -2.62. The Morgan fingerprint density at radius 1 is 0.870 bits per heavy atom. The van der Waals surface area contributed by atoms with Crippen molar-refractivity contribution in [1.29, 1.82) is 0 Å². The zero-order valence-corrected chi connectivity index (χ0v) is 32.9. The normalized spacial score (nSPS) is 14.1. The minimum absolute atomic E-state index is 0.0114. The van der Waals surface area contributed by atoms with Gasteiger partial charge in [0.25, 0.3) is 0 Å². The SMILES string of the molecule is CC.CC(C)(C)C(=O)c1cc(S(=O)NCNCC(=O)c2cc(S(=O)NCC(F)(F)F)ccc2Cl)ccc1F.O=Cc1cc(S(=O)(=O)NC2CC2)ccc1F. The maximum absolute atomic E-state index is 14.1. The van der Waals surface area contributed by atoms with Crippen LogP contribution in [0.2, 0.25) is 5.02 Å². The molecule has 2 atom stereocenters. The van der Waals surface area contributed by atoms with E-state index >= 15 is 0 Å². The number of aldehydes is 1. The van der Waals surface area contributed by atoms with Crippen LogP contribution in [0, 0.1) is 17.0 Å². The summed E-state index contributed by atoms with van der Waals surface area (Å²) in [5, 5.41) is 2.70. The summed E-state index contributed by atoms with van der Waals surface area (Å²) in [6.45, 7) is 7.00. The van der Waals surface area contributed by atoms with Crippen molar-refractivity contribution in [2.75, 3.05) is 19.8 Å². The van der Waals surface area contributed by atoms with Gasteiger partial charge in [0, 0.05) is 17.0 Å². The predicted molar refractivity (Wildman–Crippen MR) is 195 cm³/mol. The van der Waals surface area contributed by atoms with E-state index in [4.69, 9.17) is 11.6 Å². The van der Waals surface area contributed by atoms with E-state index in [0.717, 1.165) is 43.2 Å². The number of hydrogen-bond acceptors (Lipinski definition) is 8. The number of alkyl halides is 3. The van der Waals surface area contributed by atoms with Crippen molar-refractivity contribution >= 4 is 61.4 Å². The number of halogens is 6. The van der Waals surface area contributed by atoms with Gasteiger partial charge in [-0.05, 0) is 67.4 Å². The lowest BCUT2D eigenvalue weighted by Gasteiger charge is -2.17. The van der Waals surface area contributed by atoms with Crippen LogP contribution in [-0.2, 0) is 32.0 Å². The van der Waals surface area contributed by atoms with Crippen molar-refractivity contribution in [3.8, 4) is 0 Å². The third-order valence-electron chi connectivity index (χ3n) is 6.85. The lowest BCUT2D eigenvalue weighted by Crippen LogP contribution is -2.34. The van der Waals surface area contributed by atoms with Gasteiger partial charge >= 0.3 is 6.18 Å². The highest BCUT2D eigenvalue weighted by atomic mass is 35.5. The van der Waals surface area contributed by atoms with E-state index in [0.29, 0.717) is 6.29 Å². The van der Waals surface area contributed by atoms with Crippen LogP contribution in [0.4, 0.5) is 22.0 Å². The summed E-state index contributed by atoms with van der Waals surface area (Å²) in [4.78, 5) is 35.4. The zero-order valence-electron chi connectivity index (χ0n) is 29.7. The highest BCUT2D eigenvalue weighted by Gasteiger charge is 2.29. The summed E-state index contributed by atoms with van der Waals surface area (Å²) in [6, 6.07) is 10.3. The van der Waals surface area contributed by atoms with Gasteiger partial charge in [-0.3, -0.25) is 19.7 Å². The molecule has 3 aromatic rings. The fourth-order valence-electron chi connectivity index (χ4n) is 4.00. The Bertz CT molecular complexity index is 1970. The Balaban J connectivity index is 0.000000462. The molecule has 0 amide bonds. The molecule has 3 aromatic carbocycles. The molecule has 4 rings (SSSR count). The molecule has 1 aliphatic rings. The van der Waals surface area contributed by atoms with Gasteiger partial charge in [-0.1, -0.05) is 46.2 Å². The standard InChI is InChI=1S/C22H24ClF4N3O4S2.C10H10FNO3S.C2H6/c1-21(2,3)20(32)16-9-14(5-7-18(16)24)36(34)30-12-28-10-19(31)15-8-13(4-6-17(15)23)35(33)29-11-22(25,26)27;11-10-4-3-9(5-7(10)6-13)16(14,15)12-8-1-2-8;1-2/h4-9,28-30H,10-12H2,1-3H3;3-6,8,12H,1-2H2;1-2H3. The Labute approximate surface area is 320 Å². The fourth-order valence-corrected chi connectivity index (χ4v) is 7.26. The predicted octanol–water partition coefficient (Wildman–Crippen LogP) is 6.03. The van der Waals surface area contributed by atoms with Crippen molar-refractivity contribution in [3.05, 3.63) is 87.9 Å². The van der Waals surface area contributed by atoms with Gasteiger partial charge < -0.3 is 0 Å². The molecule has 298 valence electrons. The molecule has 0 saturated heterocycles. The van der Waals surface area contributed by atoms with Crippen LogP contribution < -0.4 is 19.5 Å². The van der Waals surface area contributed by atoms with Gasteiger partial charge in [-0.15, -0.1) is 0 Å². The third kappa shape index (κ3) is 14.7. The smallest absolute Gasteiger partial charge is 0.298 e. The number of sulfonamides is 1. The molecule has 0 aromatic heterocycles. The minimum Gasteiger partial charge on any atom is -0.298 e. The molecule has 0 heterocycles. The average molecular weight is 843 g/mol. The zero-order chi connectivity index (χ0) is 41.0. The first kappa shape index (κ1) is 46.9. The van der Waals surface area contributed by atoms with Crippen molar-refractivity contribution < 1.29 is 53.2 Å². The molecule has 0 radical (unpaired) electrons. The number of carbonyl (C=O) groups excluding carboxylic acids is 3. The lowest BCUT2D eigenvalue weighted by molar-refractivity contribution is -0.121. The van der Waals surface area contributed by atoms with Gasteiger partial charge in [0.1, 0.15) is 40.2 Å². The van der Waals surface area contributed by atoms with Crippen LogP contribution in [0.3, 0.4) is 0 Å². The highest BCUT2D eigenvalue weighted by Crippen LogP contribution is 2.25. The molecule has 1 fully saturated rings. The largest absolute Gasteiger partial charge is 0.402 e. The first-order valence-corrected chi connectivity index (χ1v) is 20.3. The summed E-state index contributed by atoms with van der Waals surface area (Å²) < 4.78 is 119. The van der Waals surface area contributed by atoms with Crippen LogP contribution in [0.25, 0.3) is 0 Å². The molecular formula is C34H40ClF5N4O7S3. The molecule has 2 unspecified atom stereocenters. The Kier molecular flexibility index (Phi) is 17.8. The lowest BCUT2D eigenvalue weighted by atomic mass is 9.86. The van der Waals surface area contributed by atoms with Crippen LogP contribution in [-0.4, -0.2) is 66.7 Å². The number of Topliss-reactive ketones (excluding diaryl/α,β-unsaturated/α-hetero) is 2. The first-order valence-electron chi connectivity index (χ1n) is 16.1. The van der Waals surface area contributed by atoms with Crippen molar-refractivity contribution in [2.24, 2.45) is 5.41 Å². The van der Waals surface area contributed by atoms with E-state index in [9.17, 15) is 53.2 Å². The van der Waals surface area contributed by atoms with Gasteiger partial charge in [-0.2, -0.15) is 13.2 Å². The highest BCUT2D eigenvalue weighted by molar-refractivity contribution is 7.89. The number of ketones is 2. The number of rotatable bonds is 15. The molecule has 0 spiro atoms. The van der Waals surface area contributed by atoms with E-state index < -0.39 is 73.3 Å². The van der Waals surface area contributed by atoms with Gasteiger partial charge in [-0.25, -0.2) is 39.8 Å². The first-order chi connectivity index (χ1) is 25.1. The monoisotopic (exact) mass is 842 g/mol. The Morgan fingerprint density at radius 3 is 1.98 bits per heavy atom. The second-order valence-electron chi connectivity index (χ2n) is 12.2. The van der Waals surface area contributed by atoms with Crippen molar-refractivity contribution in [3.63, 3.8) is 0 Å².